The van der Waals surface area contributed by atoms with Crippen LogP contribution in [0.5, 0.6) is 0 Å². The summed E-state index contributed by atoms with van der Waals surface area (Å²) in [6.07, 6.45) is 5.40. The van der Waals surface area contributed by atoms with E-state index >= 15 is 0 Å². The molecule has 2 aromatic rings. The first-order valence-corrected chi connectivity index (χ1v) is 10.8. The summed E-state index contributed by atoms with van der Waals surface area (Å²) in [5.41, 5.74) is 1.99. The van der Waals surface area contributed by atoms with E-state index in [1.807, 2.05) is 0 Å². The molecule has 0 bridgehead atoms. The van der Waals surface area contributed by atoms with Crippen LogP contribution in [0.1, 0.15) is 52.8 Å². The molecule has 0 aromatic heterocycles. The van der Waals surface area contributed by atoms with E-state index in [-0.39, 0.29) is 30.3 Å². The number of halogens is 1. The van der Waals surface area contributed by atoms with E-state index in [0.717, 1.165) is 25.7 Å². The first-order valence-electron chi connectivity index (χ1n) is 10.4. The number of anilines is 2. The second kappa shape index (κ2) is 10.8. The molecule has 0 unspecified atom stereocenters. The zero-order valence-electron chi connectivity index (χ0n) is 17.5. The Morgan fingerprint density at radius 2 is 1.74 bits per heavy atom. The van der Waals surface area contributed by atoms with Crippen LogP contribution in [0.3, 0.4) is 0 Å². The van der Waals surface area contributed by atoms with Gasteiger partial charge in [0.25, 0.3) is 11.8 Å². The quantitative estimate of drug-likeness (QED) is 0.524. The van der Waals surface area contributed by atoms with E-state index < -0.39 is 0 Å². The normalized spacial score (nSPS) is 13.9. The average Bonchev–Trinajstić information content (AvgIpc) is 2.79. The van der Waals surface area contributed by atoms with Gasteiger partial charge in [0, 0.05) is 30.0 Å². The van der Waals surface area contributed by atoms with Gasteiger partial charge in [-0.1, -0.05) is 36.9 Å². The van der Waals surface area contributed by atoms with Crippen LogP contribution in [0.4, 0.5) is 11.4 Å². The first-order chi connectivity index (χ1) is 15.0. The third kappa shape index (κ3) is 6.46. The van der Waals surface area contributed by atoms with Crippen molar-refractivity contribution in [2.24, 2.45) is 0 Å². The van der Waals surface area contributed by atoms with Crippen LogP contribution < -0.4 is 21.3 Å². The Kier molecular flexibility index (Phi) is 7.89. The van der Waals surface area contributed by atoms with Crippen molar-refractivity contribution >= 4 is 40.7 Å². The highest BCUT2D eigenvalue weighted by atomic mass is 35.5. The summed E-state index contributed by atoms with van der Waals surface area (Å²) >= 11 is 6.22. The van der Waals surface area contributed by atoms with Gasteiger partial charge in [0.2, 0.25) is 5.91 Å². The van der Waals surface area contributed by atoms with Crippen molar-refractivity contribution in [3.63, 3.8) is 0 Å². The molecule has 4 N–H and O–H groups in total. The van der Waals surface area contributed by atoms with Crippen molar-refractivity contribution in [2.75, 3.05) is 24.2 Å². The number of carbonyl (C=O) groups excluding carboxylic acids is 3. The molecular weight excluding hydrogens is 416 g/mol. The predicted molar refractivity (Wildman–Crippen MR) is 123 cm³/mol. The van der Waals surface area contributed by atoms with Gasteiger partial charge in [-0.05, 0) is 49.2 Å². The minimum atomic E-state index is -0.286. The first kappa shape index (κ1) is 22.6. The molecule has 3 rings (SSSR count). The molecule has 0 aliphatic heterocycles. The van der Waals surface area contributed by atoms with Crippen molar-refractivity contribution < 1.29 is 14.4 Å². The Morgan fingerprint density at radius 3 is 2.48 bits per heavy atom. The molecule has 0 radical (unpaired) electrons. The molecule has 164 valence electrons. The lowest BCUT2D eigenvalue weighted by atomic mass is 9.95. The van der Waals surface area contributed by atoms with E-state index in [2.05, 4.69) is 21.3 Å². The highest BCUT2D eigenvalue weighted by Crippen LogP contribution is 2.23. The Hall–Kier alpha value is -3.06. The van der Waals surface area contributed by atoms with E-state index in [0.29, 0.717) is 27.5 Å². The molecular formula is C23H27ClN4O3. The van der Waals surface area contributed by atoms with E-state index in [1.54, 1.807) is 49.5 Å². The van der Waals surface area contributed by atoms with Crippen molar-refractivity contribution in [1.29, 1.82) is 0 Å². The fourth-order valence-electron chi connectivity index (χ4n) is 3.59. The highest BCUT2D eigenvalue weighted by Gasteiger charge is 2.19. The molecule has 7 nitrogen and oxygen atoms in total. The van der Waals surface area contributed by atoms with Crippen LogP contribution in [0.2, 0.25) is 5.02 Å². The Labute approximate surface area is 186 Å². The summed E-state index contributed by atoms with van der Waals surface area (Å²) in [5, 5.41) is 11.7. The van der Waals surface area contributed by atoms with Crippen LogP contribution in [-0.4, -0.2) is 37.4 Å². The smallest absolute Gasteiger partial charge is 0.253 e. The summed E-state index contributed by atoms with van der Waals surface area (Å²) in [6, 6.07) is 11.9. The second-order valence-electron chi connectivity index (χ2n) is 7.56. The largest absolute Gasteiger partial charge is 0.376 e. The Balaban J connectivity index is 1.58. The number of benzene rings is 2. The zero-order chi connectivity index (χ0) is 22.2. The molecule has 3 amide bonds. The monoisotopic (exact) mass is 442 g/mol. The molecule has 1 fully saturated rings. The number of rotatable bonds is 7. The summed E-state index contributed by atoms with van der Waals surface area (Å²) < 4.78 is 0. The number of hydrogen-bond acceptors (Lipinski definition) is 4. The number of amides is 3. The van der Waals surface area contributed by atoms with Crippen LogP contribution in [0.15, 0.2) is 42.5 Å². The molecule has 0 heterocycles. The maximum atomic E-state index is 12.6. The number of hydrogen-bond donors (Lipinski definition) is 4. The minimum absolute atomic E-state index is 0.00340. The Bertz CT molecular complexity index is 958. The SMILES string of the molecule is CNC(=O)c1cccc(NCC(=O)Nc2ccc(Cl)c(C(=O)NC3CCCCC3)c2)c1. The van der Waals surface area contributed by atoms with Crippen LogP contribution >= 0.6 is 11.6 Å². The van der Waals surface area contributed by atoms with Gasteiger partial charge in [-0.15, -0.1) is 0 Å². The molecule has 0 spiro atoms. The number of carbonyl (C=O) groups is 3. The summed E-state index contributed by atoms with van der Waals surface area (Å²) in [5.74, 6) is -0.711. The van der Waals surface area contributed by atoms with Gasteiger partial charge < -0.3 is 21.3 Å². The van der Waals surface area contributed by atoms with Crippen LogP contribution in [0.25, 0.3) is 0 Å². The van der Waals surface area contributed by atoms with E-state index in [1.165, 1.54) is 6.42 Å². The highest BCUT2D eigenvalue weighted by molar-refractivity contribution is 6.34. The Morgan fingerprint density at radius 1 is 0.968 bits per heavy atom. The van der Waals surface area contributed by atoms with Gasteiger partial charge in [0.15, 0.2) is 0 Å². The standard InChI is InChI=1S/C23H27ClN4O3/c1-25-22(30)15-6-5-9-17(12-15)26-14-21(29)27-18-10-11-20(24)19(13-18)23(31)28-16-7-3-2-4-8-16/h5-6,9-13,16,26H,2-4,7-8,14H2,1H3,(H,25,30)(H,27,29)(H,28,31). The minimum Gasteiger partial charge on any atom is -0.376 e. The molecule has 31 heavy (non-hydrogen) atoms. The zero-order valence-corrected chi connectivity index (χ0v) is 18.2. The van der Waals surface area contributed by atoms with Crippen molar-refractivity contribution in [3.8, 4) is 0 Å². The second-order valence-corrected chi connectivity index (χ2v) is 7.97. The van der Waals surface area contributed by atoms with E-state index in [4.69, 9.17) is 11.6 Å². The molecule has 1 saturated carbocycles. The van der Waals surface area contributed by atoms with E-state index in [9.17, 15) is 14.4 Å². The maximum absolute atomic E-state index is 12.6. The van der Waals surface area contributed by atoms with Crippen molar-refractivity contribution in [3.05, 3.63) is 58.6 Å². The summed E-state index contributed by atoms with van der Waals surface area (Å²) in [6.45, 7) is 0.00340. The fourth-order valence-corrected chi connectivity index (χ4v) is 3.79. The third-order valence-corrected chi connectivity index (χ3v) is 5.57. The predicted octanol–water partition coefficient (Wildman–Crippen LogP) is 3.81. The molecule has 8 heteroatoms. The molecule has 0 saturated heterocycles. The lowest BCUT2D eigenvalue weighted by Gasteiger charge is -2.23. The molecule has 1 aliphatic rings. The van der Waals surface area contributed by atoms with Crippen molar-refractivity contribution in [1.82, 2.24) is 10.6 Å². The maximum Gasteiger partial charge on any atom is 0.253 e. The average molecular weight is 443 g/mol. The van der Waals surface area contributed by atoms with Gasteiger partial charge >= 0.3 is 0 Å². The van der Waals surface area contributed by atoms with Gasteiger partial charge in [-0.3, -0.25) is 14.4 Å². The third-order valence-electron chi connectivity index (χ3n) is 5.24. The molecule has 2 aromatic carbocycles. The van der Waals surface area contributed by atoms with Gasteiger partial charge in [0.05, 0.1) is 17.1 Å². The fraction of sp³-hybridized carbons (Fsp3) is 0.348. The lowest BCUT2D eigenvalue weighted by Crippen LogP contribution is -2.36. The molecule has 0 atom stereocenters. The van der Waals surface area contributed by atoms with Crippen molar-refractivity contribution in [2.45, 2.75) is 38.1 Å². The molecule has 1 aliphatic carbocycles. The lowest BCUT2D eigenvalue weighted by molar-refractivity contribution is -0.114. The summed E-state index contributed by atoms with van der Waals surface area (Å²) in [4.78, 5) is 36.7. The number of nitrogens with one attached hydrogen (secondary N) is 4. The topological polar surface area (TPSA) is 99.3 Å². The van der Waals surface area contributed by atoms with Crippen LogP contribution in [0, 0.1) is 0 Å². The van der Waals surface area contributed by atoms with Gasteiger partial charge in [-0.2, -0.15) is 0 Å². The van der Waals surface area contributed by atoms with Gasteiger partial charge in [0.1, 0.15) is 0 Å². The summed E-state index contributed by atoms with van der Waals surface area (Å²) in [7, 11) is 1.56. The van der Waals surface area contributed by atoms with Gasteiger partial charge in [-0.25, -0.2) is 0 Å². The van der Waals surface area contributed by atoms with Crippen LogP contribution in [-0.2, 0) is 4.79 Å².